The van der Waals surface area contributed by atoms with Crippen molar-refractivity contribution >= 4 is 17.9 Å². The molecule has 0 atom stereocenters. The molecule has 0 aliphatic rings. The van der Waals surface area contributed by atoms with Crippen LogP contribution in [0.4, 0.5) is 4.79 Å². The SMILES string of the molecule is NC(=O)S.O.O.O.[H-].[Na+].[Pd]. The van der Waals surface area contributed by atoms with Gasteiger partial charge in [0, 0.05) is 20.4 Å². The Balaban J connectivity index is -0.00000000300. The maximum atomic E-state index is 9.09. The van der Waals surface area contributed by atoms with E-state index in [0.717, 1.165) is 0 Å². The summed E-state index contributed by atoms with van der Waals surface area (Å²) in [6, 6.07) is 0. The Kier molecular flexibility index (Phi) is 182. The molecule has 0 aromatic carbocycles. The van der Waals surface area contributed by atoms with Crippen LogP contribution in [0.5, 0.6) is 0 Å². The summed E-state index contributed by atoms with van der Waals surface area (Å²) in [6.07, 6.45) is 0. The van der Waals surface area contributed by atoms with E-state index in [-0.39, 0.29) is 67.8 Å². The van der Waals surface area contributed by atoms with Crippen molar-refractivity contribution in [1.29, 1.82) is 0 Å². The first-order valence-corrected chi connectivity index (χ1v) is 1.16. The summed E-state index contributed by atoms with van der Waals surface area (Å²) in [7, 11) is 0. The molecule has 8 N–H and O–H groups in total. The molecule has 5 nitrogen and oxygen atoms in total. The van der Waals surface area contributed by atoms with Crippen LogP contribution in [0.15, 0.2) is 0 Å². The van der Waals surface area contributed by atoms with E-state index >= 15 is 0 Å². The summed E-state index contributed by atoms with van der Waals surface area (Å²) in [5, 5.41) is -0.639. The van der Waals surface area contributed by atoms with Gasteiger partial charge in [0.25, 0.3) is 5.24 Å². The zero-order valence-corrected chi connectivity index (χ0v) is 9.20. The van der Waals surface area contributed by atoms with Crippen molar-refractivity contribution in [3.05, 3.63) is 0 Å². The molecule has 0 radical (unpaired) electrons. The molecule has 0 fully saturated rings. The normalized spacial score (nSPS) is 2.78. The largest absolute Gasteiger partial charge is 1.00 e. The van der Waals surface area contributed by atoms with Gasteiger partial charge in [-0.15, -0.1) is 0 Å². The number of primary amides is 1. The maximum absolute atomic E-state index is 9.09. The van der Waals surface area contributed by atoms with Crippen molar-refractivity contribution in [3.8, 4) is 0 Å². The van der Waals surface area contributed by atoms with E-state index in [4.69, 9.17) is 4.79 Å². The zero-order chi connectivity index (χ0) is 3.58. The van der Waals surface area contributed by atoms with Crippen LogP contribution in [0.2, 0.25) is 0 Å². The van der Waals surface area contributed by atoms with E-state index in [1.807, 2.05) is 0 Å². The second kappa shape index (κ2) is 34.4. The van der Waals surface area contributed by atoms with Gasteiger partial charge >= 0.3 is 29.6 Å². The molecule has 0 spiro atoms. The van der Waals surface area contributed by atoms with E-state index in [1.165, 1.54) is 0 Å². The van der Waals surface area contributed by atoms with E-state index < -0.39 is 5.24 Å². The average Bonchev–Trinajstić information content (AvgIpc) is 0.811. The molecule has 0 bridgehead atoms. The first-order chi connectivity index (χ1) is 1.73. The minimum atomic E-state index is -0.639. The van der Waals surface area contributed by atoms with Crippen LogP contribution in [0.1, 0.15) is 1.43 Å². The molecule has 0 heterocycles. The van der Waals surface area contributed by atoms with Crippen molar-refractivity contribution in [2.75, 3.05) is 0 Å². The number of rotatable bonds is 0. The molecule has 0 unspecified atom stereocenters. The predicted octanol–water partition coefficient (Wildman–Crippen LogP) is -5.37. The molecule has 0 aromatic rings. The van der Waals surface area contributed by atoms with Crippen LogP contribution in [0.3, 0.4) is 0 Å². The van der Waals surface area contributed by atoms with Gasteiger partial charge in [-0.25, -0.2) is 0 Å². The number of hydrogen-bond acceptors (Lipinski definition) is 1. The molecular weight excluding hydrogens is 251 g/mol. The number of carbonyl (C=O) groups excluding carboxylic acids is 1. The third kappa shape index (κ3) is 273. The molecule has 9 heavy (non-hydrogen) atoms. The summed E-state index contributed by atoms with van der Waals surface area (Å²) in [4.78, 5) is 9.09. The van der Waals surface area contributed by atoms with Gasteiger partial charge in [-0.05, 0) is 0 Å². The van der Waals surface area contributed by atoms with Gasteiger partial charge in [0.2, 0.25) is 0 Å². The molecular formula is CH10NNaO4PdS. The second-order valence-corrected chi connectivity index (χ2v) is 0.779. The van der Waals surface area contributed by atoms with Gasteiger partial charge in [-0.3, -0.25) is 4.79 Å². The van der Waals surface area contributed by atoms with Crippen LogP contribution in [-0.2, 0) is 20.4 Å². The predicted molar refractivity (Wildman–Crippen MR) is 30.5 cm³/mol. The topological polar surface area (TPSA) is 138 Å². The summed E-state index contributed by atoms with van der Waals surface area (Å²) in [5.41, 5.74) is 4.34. The fraction of sp³-hybridized carbons (Fsp3) is 0. The molecule has 1 amide bonds. The third-order valence-corrected chi connectivity index (χ3v) is 0. The summed E-state index contributed by atoms with van der Waals surface area (Å²) in [6.45, 7) is 0. The molecule has 0 saturated carbocycles. The molecule has 60 valence electrons. The van der Waals surface area contributed by atoms with E-state index in [1.54, 1.807) is 0 Å². The minimum absolute atomic E-state index is 0. The van der Waals surface area contributed by atoms with Gasteiger partial charge in [0.05, 0.1) is 0 Å². The van der Waals surface area contributed by atoms with Crippen LogP contribution in [0.25, 0.3) is 0 Å². The number of carbonyl (C=O) groups is 1. The summed E-state index contributed by atoms with van der Waals surface area (Å²) >= 11 is 3.10. The number of thiol groups is 1. The van der Waals surface area contributed by atoms with E-state index in [0.29, 0.717) is 0 Å². The quantitative estimate of drug-likeness (QED) is 0.326. The maximum Gasteiger partial charge on any atom is 1.00 e. The Bertz CT molecular complexity index is 48.2. The van der Waals surface area contributed by atoms with Gasteiger partial charge < -0.3 is 23.6 Å². The van der Waals surface area contributed by atoms with Crippen molar-refractivity contribution in [3.63, 3.8) is 0 Å². The average molecular weight is 262 g/mol. The standard InChI is InChI=1S/CH3NOS.Na.3H2O.Pd.H/c2-1(3)4;;;;;;/h(H3,2,3,4);;3*1H2;;/q;+1;;;;;-1. The number of nitrogens with two attached hydrogens (primary N) is 1. The molecule has 0 aliphatic carbocycles. The van der Waals surface area contributed by atoms with E-state index in [9.17, 15) is 0 Å². The minimum Gasteiger partial charge on any atom is -1.00 e. The van der Waals surface area contributed by atoms with Gasteiger partial charge in [0.15, 0.2) is 0 Å². The van der Waals surface area contributed by atoms with Crippen molar-refractivity contribution in [2.45, 2.75) is 0 Å². The molecule has 0 aromatic heterocycles. The van der Waals surface area contributed by atoms with Crippen molar-refractivity contribution in [1.82, 2.24) is 0 Å². The smallest absolute Gasteiger partial charge is 1.00 e. The molecule has 0 saturated heterocycles. The fourth-order valence-electron chi connectivity index (χ4n) is 0. The first-order valence-electron chi connectivity index (χ1n) is 0.716. The summed E-state index contributed by atoms with van der Waals surface area (Å²) in [5.74, 6) is 0. The Labute approximate surface area is 95.5 Å². The van der Waals surface area contributed by atoms with Gasteiger partial charge in [-0.2, -0.15) is 0 Å². The Morgan fingerprint density at radius 1 is 1.33 bits per heavy atom. The van der Waals surface area contributed by atoms with Gasteiger partial charge in [0.1, 0.15) is 0 Å². The molecule has 8 heteroatoms. The second-order valence-electron chi connectivity index (χ2n) is 0.338. The fourth-order valence-corrected chi connectivity index (χ4v) is 0. The third-order valence-electron chi connectivity index (χ3n) is 0. The Morgan fingerprint density at radius 2 is 1.33 bits per heavy atom. The Hall–Kier alpha value is 1.36. The van der Waals surface area contributed by atoms with Crippen LogP contribution in [-0.4, -0.2) is 21.7 Å². The Morgan fingerprint density at radius 3 is 1.33 bits per heavy atom. The van der Waals surface area contributed by atoms with Crippen LogP contribution >= 0.6 is 12.6 Å². The first kappa shape index (κ1) is 47.7. The number of hydrogen-bond donors (Lipinski definition) is 2. The van der Waals surface area contributed by atoms with Crippen LogP contribution < -0.4 is 35.3 Å². The monoisotopic (exact) mass is 261 g/mol. The van der Waals surface area contributed by atoms with Crippen LogP contribution in [0, 0.1) is 0 Å². The van der Waals surface area contributed by atoms with Crippen molar-refractivity contribution in [2.24, 2.45) is 5.73 Å². The van der Waals surface area contributed by atoms with E-state index in [2.05, 4.69) is 18.4 Å². The molecule has 0 aliphatic heterocycles. The molecule has 0 rings (SSSR count). The van der Waals surface area contributed by atoms with Gasteiger partial charge in [-0.1, -0.05) is 12.6 Å². The zero-order valence-electron chi connectivity index (χ0n) is 5.75. The summed E-state index contributed by atoms with van der Waals surface area (Å²) < 4.78 is 0. The number of amides is 1. The van der Waals surface area contributed by atoms with Crippen molar-refractivity contribution < 1.29 is 72.6 Å².